The Hall–Kier alpha value is -2.07. The van der Waals surface area contributed by atoms with Gasteiger partial charge in [0.05, 0.1) is 0 Å². The highest BCUT2D eigenvalue weighted by Gasteiger charge is 2.42. The molecule has 2 fully saturated rings. The molecule has 2 aliphatic rings. The van der Waals surface area contributed by atoms with E-state index in [1.165, 1.54) is 18.5 Å². The fourth-order valence-electron chi connectivity index (χ4n) is 4.87. The van der Waals surface area contributed by atoms with E-state index in [4.69, 9.17) is 0 Å². The number of H-pyrrole nitrogens is 1. The summed E-state index contributed by atoms with van der Waals surface area (Å²) in [6.45, 7) is 7.46. The fraction of sp³-hybridized carbons (Fsp3) is 0.500. The van der Waals surface area contributed by atoms with Crippen molar-refractivity contribution in [3.63, 3.8) is 0 Å². The molecule has 0 saturated carbocycles. The second kappa shape index (κ2) is 7.28. The molecule has 0 bridgehead atoms. The molecule has 1 amide bonds. The van der Waals surface area contributed by atoms with Crippen LogP contribution in [0.1, 0.15) is 48.2 Å². The molecular weight excluding hydrogens is 322 g/mol. The third-order valence-electron chi connectivity index (χ3n) is 6.37. The zero-order valence-corrected chi connectivity index (χ0v) is 15.7. The minimum atomic E-state index is 0.146. The topological polar surface area (TPSA) is 39.3 Å². The van der Waals surface area contributed by atoms with E-state index in [2.05, 4.69) is 47.1 Å². The molecular formula is C22H29N3O. The number of hydrogen-bond donors (Lipinski definition) is 1. The molecule has 4 heteroatoms. The van der Waals surface area contributed by atoms with Gasteiger partial charge in [-0.15, -0.1) is 0 Å². The van der Waals surface area contributed by atoms with Crippen LogP contribution in [0.15, 0.2) is 48.7 Å². The van der Waals surface area contributed by atoms with Gasteiger partial charge in [0.15, 0.2) is 0 Å². The van der Waals surface area contributed by atoms with Gasteiger partial charge < -0.3 is 14.8 Å². The Morgan fingerprint density at radius 1 is 1.15 bits per heavy atom. The molecule has 3 heterocycles. The first kappa shape index (κ1) is 17.3. The van der Waals surface area contributed by atoms with Crippen LogP contribution in [0, 0.1) is 5.41 Å². The van der Waals surface area contributed by atoms with Gasteiger partial charge in [0.25, 0.3) is 5.91 Å². The number of benzene rings is 1. The summed E-state index contributed by atoms with van der Waals surface area (Å²) < 4.78 is 0. The van der Waals surface area contributed by atoms with E-state index in [0.717, 1.165) is 39.0 Å². The van der Waals surface area contributed by atoms with E-state index in [1.54, 1.807) is 0 Å². The summed E-state index contributed by atoms with van der Waals surface area (Å²) in [5, 5.41) is 0. The number of nitrogens with one attached hydrogen (secondary N) is 1. The average Bonchev–Trinajstić information content (AvgIpc) is 3.23. The lowest BCUT2D eigenvalue weighted by atomic mass is 9.68. The lowest BCUT2D eigenvalue weighted by Crippen LogP contribution is -2.52. The predicted octanol–water partition coefficient (Wildman–Crippen LogP) is 3.75. The monoisotopic (exact) mass is 351 g/mol. The van der Waals surface area contributed by atoms with Gasteiger partial charge in [0, 0.05) is 32.4 Å². The Balaban J connectivity index is 1.47. The van der Waals surface area contributed by atoms with Gasteiger partial charge in [-0.2, -0.15) is 0 Å². The second-order valence-electron chi connectivity index (χ2n) is 8.02. The van der Waals surface area contributed by atoms with Crippen molar-refractivity contribution in [2.75, 3.05) is 32.7 Å². The van der Waals surface area contributed by atoms with Crippen molar-refractivity contribution in [1.82, 2.24) is 14.8 Å². The summed E-state index contributed by atoms with van der Waals surface area (Å²) >= 11 is 0. The van der Waals surface area contributed by atoms with Crippen LogP contribution < -0.4 is 0 Å². The molecule has 2 aliphatic heterocycles. The quantitative estimate of drug-likeness (QED) is 0.915. The van der Waals surface area contributed by atoms with Crippen molar-refractivity contribution in [2.45, 2.75) is 32.1 Å². The van der Waals surface area contributed by atoms with Crippen LogP contribution in [0.3, 0.4) is 0 Å². The van der Waals surface area contributed by atoms with Gasteiger partial charge in [-0.3, -0.25) is 4.79 Å². The zero-order valence-electron chi connectivity index (χ0n) is 15.7. The number of amides is 1. The largest absolute Gasteiger partial charge is 0.357 e. The number of likely N-dealkylation sites (N-methyl/N-ethyl adjacent to an activating group) is 1. The maximum atomic E-state index is 12.6. The van der Waals surface area contributed by atoms with Crippen molar-refractivity contribution < 1.29 is 4.79 Å². The van der Waals surface area contributed by atoms with Crippen molar-refractivity contribution >= 4 is 5.91 Å². The predicted molar refractivity (Wildman–Crippen MR) is 104 cm³/mol. The molecule has 26 heavy (non-hydrogen) atoms. The number of carbonyl (C=O) groups is 1. The van der Waals surface area contributed by atoms with E-state index in [9.17, 15) is 4.79 Å². The molecule has 4 nitrogen and oxygen atoms in total. The van der Waals surface area contributed by atoms with Gasteiger partial charge >= 0.3 is 0 Å². The summed E-state index contributed by atoms with van der Waals surface area (Å²) in [6.07, 6.45) is 5.29. The molecule has 2 aromatic rings. The van der Waals surface area contributed by atoms with E-state index in [1.807, 2.05) is 23.2 Å². The van der Waals surface area contributed by atoms with Gasteiger partial charge in [-0.05, 0) is 54.8 Å². The van der Waals surface area contributed by atoms with Crippen molar-refractivity contribution in [3.8, 4) is 0 Å². The molecule has 0 radical (unpaired) electrons. The zero-order chi connectivity index (χ0) is 18.0. The van der Waals surface area contributed by atoms with Gasteiger partial charge in [-0.1, -0.05) is 37.3 Å². The average molecular weight is 351 g/mol. The molecule has 4 rings (SSSR count). The minimum Gasteiger partial charge on any atom is -0.357 e. The summed E-state index contributed by atoms with van der Waals surface area (Å²) in [5.41, 5.74) is 2.53. The first-order valence-corrected chi connectivity index (χ1v) is 9.89. The summed E-state index contributed by atoms with van der Waals surface area (Å²) in [5.74, 6) is 0.753. The third-order valence-corrected chi connectivity index (χ3v) is 6.37. The summed E-state index contributed by atoms with van der Waals surface area (Å²) in [4.78, 5) is 20.3. The number of aromatic nitrogens is 1. The summed E-state index contributed by atoms with van der Waals surface area (Å²) in [7, 11) is 0. The molecule has 1 spiro atoms. The van der Waals surface area contributed by atoms with Crippen LogP contribution in [-0.4, -0.2) is 53.4 Å². The van der Waals surface area contributed by atoms with E-state index in [0.29, 0.717) is 17.0 Å². The van der Waals surface area contributed by atoms with Crippen LogP contribution in [0.2, 0.25) is 0 Å². The highest BCUT2D eigenvalue weighted by molar-refractivity contribution is 5.92. The second-order valence-corrected chi connectivity index (χ2v) is 8.02. The van der Waals surface area contributed by atoms with Crippen LogP contribution in [0.25, 0.3) is 0 Å². The SMILES string of the molecule is CCN1CC(c2ccccc2)CC2(CCN(C(=O)c3ccc[nH]3)CC2)C1. The lowest BCUT2D eigenvalue weighted by molar-refractivity contribution is 0.0156. The van der Waals surface area contributed by atoms with Crippen molar-refractivity contribution in [2.24, 2.45) is 5.41 Å². The van der Waals surface area contributed by atoms with Crippen molar-refractivity contribution in [1.29, 1.82) is 0 Å². The standard InChI is InChI=1S/C22H29N3O/c1-2-24-16-19(18-7-4-3-5-8-18)15-22(17-24)10-13-25(14-11-22)21(26)20-9-6-12-23-20/h3-9,12,19,23H,2,10-11,13-17H2,1H3. The molecule has 2 saturated heterocycles. The van der Waals surface area contributed by atoms with Gasteiger partial charge in [0.1, 0.15) is 5.69 Å². The molecule has 1 atom stereocenters. The number of aromatic amines is 1. The van der Waals surface area contributed by atoms with Crippen LogP contribution in [0.4, 0.5) is 0 Å². The highest BCUT2D eigenvalue weighted by Crippen LogP contribution is 2.45. The maximum Gasteiger partial charge on any atom is 0.270 e. The van der Waals surface area contributed by atoms with Gasteiger partial charge in [-0.25, -0.2) is 0 Å². The van der Waals surface area contributed by atoms with E-state index in [-0.39, 0.29) is 5.91 Å². The van der Waals surface area contributed by atoms with Crippen LogP contribution >= 0.6 is 0 Å². The smallest absolute Gasteiger partial charge is 0.270 e. The molecule has 0 aliphatic carbocycles. The van der Waals surface area contributed by atoms with E-state index >= 15 is 0 Å². The Morgan fingerprint density at radius 2 is 1.92 bits per heavy atom. The number of carbonyl (C=O) groups excluding carboxylic acids is 1. The summed E-state index contributed by atoms with van der Waals surface area (Å²) in [6, 6.07) is 14.7. The van der Waals surface area contributed by atoms with Gasteiger partial charge in [0.2, 0.25) is 0 Å². The maximum absolute atomic E-state index is 12.6. The Labute approximate surface area is 156 Å². The number of hydrogen-bond acceptors (Lipinski definition) is 2. The van der Waals surface area contributed by atoms with Crippen molar-refractivity contribution in [3.05, 3.63) is 59.9 Å². The Bertz CT molecular complexity index is 717. The van der Waals surface area contributed by atoms with Crippen LogP contribution in [0.5, 0.6) is 0 Å². The minimum absolute atomic E-state index is 0.146. The van der Waals surface area contributed by atoms with E-state index < -0.39 is 0 Å². The Morgan fingerprint density at radius 3 is 2.58 bits per heavy atom. The molecule has 1 aromatic carbocycles. The fourth-order valence-corrected chi connectivity index (χ4v) is 4.87. The molecule has 1 N–H and O–H groups in total. The first-order chi connectivity index (χ1) is 12.7. The normalized spacial score (nSPS) is 23.3. The Kier molecular flexibility index (Phi) is 4.86. The number of piperidine rings is 2. The lowest BCUT2D eigenvalue weighted by Gasteiger charge is -2.50. The highest BCUT2D eigenvalue weighted by atomic mass is 16.2. The first-order valence-electron chi connectivity index (χ1n) is 9.89. The molecule has 1 aromatic heterocycles. The number of nitrogens with zero attached hydrogens (tertiary/aromatic N) is 2. The molecule has 1 unspecified atom stereocenters. The number of likely N-dealkylation sites (tertiary alicyclic amines) is 2. The molecule has 138 valence electrons. The third kappa shape index (κ3) is 3.43. The van der Waals surface area contributed by atoms with Crippen LogP contribution in [-0.2, 0) is 0 Å². The number of rotatable bonds is 3.